The van der Waals surface area contributed by atoms with Crippen molar-refractivity contribution in [3.8, 4) is 5.75 Å². The Morgan fingerprint density at radius 2 is 2.10 bits per heavy atom. The number of aromatic nitrogens is 1. The lowest BCUT2D eigenvalue weighted by atomic mass is 10.0. The molecular formula is C15H16ClN3O. The Labute approximate surface area is 123 Å². The second kappa shape index (κ2) is 5.69. The Hall–Kier alpha value is -1.78. The Kier molecular flexibility index (Phi) is 3.76. The molecule has 0 saturated carbocycles. The van der Waals surface area contributed by atoms with E-state index in [2.05, 4.69) is 17.3 Å². The van der Waals surface area contributed by atoms with Gasteiger partial charge in [0.25, 0.3) is 0 Å². The molecule has 5 heteroatoms. The summed E-state index contributed by atoms with van der Waals surface area (Å²) < 4.78 is 0. The molecule has 1 unspecified atom stereocenters. The van der Waals surface area contributed by atoms with Crippen molar-refractivity contribution >= 4 is 17.3 Å². The molecule has 4 nitrogen and oxygen atoms in total. The van der Waals surface area contributed by atoms with Crippen molar-refractivity contribution in [2.75, 3.05) is 5.43 Å². The van der Waals surface area contributed by atoms with Crippen molar-refractivity contribution < 1.29 is 4.84 Å². The minimum Gasteiger partial charge on any atom is -0.385 e. The topological polar surface area (TPSA) is 37.4 Å². The zero-order valence-electron chi connectivity index (χ0n) is 11.2. The van der Waals surface area contributed by atoms with Crippen molar-refractivity contribution in [1.82, 2.24) is 10.2 Å². The third-order valence-corrected chi connectivity index (χ3v) is 3.53. The van der Waals surface area contributed by atoms with Crippen LogP contribution in [-0.2, 0) is 0 Å². The number of hydrogen-bond acceptors (Lipinski definition) is 4. The van der Waals surface area contributed by atoms with Crippen LogP contribution in [0, 0.1) is 0 Å². The van der Waals surface area contributed by atoms with E-state index >= 15 is 0 Å². The number of hydrogen-bond donors (Lipinski definition) is 1. The summed E-state index contributed by atoms with van der Waals surface area (Å²) in [4.78, 5) is 9.88. The van der Waals surface area contributed by atoms with E-state index in [1.807, 2.05) is 30.3 Å². The molecule has 2 heterocycles. The summed E-state index contributed by atoms with van der Waals surface area (Å²) >= 11 is 6.03. The van der Waals surface area contributed by atoms with Crippen LogP contribution in [0.1, 0.15) is 31.4 Å². The molecule has 1 N–H and O–H groups in total. The minimum absolute atomic E-state index is 0.181. The first kappa shape index (κ1) is 13.2. The summed E-state index contributed by atoms with van der Waals surface area (Å²) in [5.41, 5.74) is 5.38. The molecule has 0 saturated heterocycles. The van der Waals surface area contributed by atoms with Crippen LogP contribution in [0.3, 0.4) is 0 Å². The fraction of sp³-hybridized carbons (Fsp3) is 0.267. The quantitative estimate of drug-likeness (QED) is 0.915. The molecule has 3 rings (SSSR count). The van der Waals surface area contributed by atoms with Crippen LogP contribution in [-0.4, -0.2) is 10.2 Å². The predicted molar refractivity (Wildman–Crippen MR) is 79.4 cm³/mol. The molecule has 104 valence electrons. The number of anilines is 1. The molecule has 0 radical (unpaired) electrons. The first-order valence-electron chi connectivity index (χ1n) is 6.71. The van der Waals surface area contributed by atoms with E-state index in [-0.39, 0.29) is 6.04 Å². The fourth-order valence-corrected chi connectivity index (χ4v) is 2.52. The molecule has 0 spiro atoms. The molecule has 0 amide bonds. The van der Waals surface area contributed by atoms with Gasteiger partial charge in [-0.05, 0) is 29.8 Å². The summed E-state index contributed by atoms with van der Waals surface area (Å²) in [7, 11) is 0. The fourth-order valence-electron chi connectivity index (χ4n) is 2.36. The van der Waals surface area contributed by atoms with Gasteiger partial charge in [-0.15, -0.1) is 0 Å². The number of fused-ring (bicyclic) bond motifs is 1. The standard InChI is InChI=1S/C15H16ClN3O/c1-2-3-14-13-5-4-11(16)10-15(13)20-19(14)18-12-6-8-17-9-7-12/h4-10,14H,2-3H2,1H3,(H,17,18). The van der Waals surface area contributed by atoms with Crippen molar-refractivity contribution in [3.05, 3.63) is 53.3 Å². The molecule has 1 aromatic heterocycles. The number of benzene rings is 1. The van der Waals surface area contributed by atoms with Gasteiger partial charge in [-0.25, -0.2) is 0 Å². The SMILES string of the molecule is CCCC1c2ccc(Cl)cc2ON1Nc1ccncc1. The number of halogens is 1. The Balaban J connectivity index is 1.85. The van der Waals surface area contributed by atoms with Crippen LogP contribution < -0.4 is 10.3 Å². The van der Waals surface area contributed by atoms with Gasteiger partial charge in [0.15, 0.2) is 5.75 Å². The van der Waals surface area contributed by atoms with Gasteiger partial charge in [0.1, 0.15) is 0 Å². The van der Waals surface area contributed by atoms with Gasteiger partial charge in [-0.2, -0.15) is 0 Å². The number of hydroxylamine groups is 1. The molecule has 1 aromatic carbocycles. The number of hydrazine groups is 1. The van der Waals surface area contributed by atoms with Gasteiger partial charge in [0.2, 0.25) is 0 Å². The monoisotopic (exact) mass is 289 g/mol. The van der Waals surface area contributed by atoms with Gasteiger partial charge in [-0.1, -0.05) is 31.0 Å². The molecule has 1 aliphatic rings. The second-order valence-electron chi connectivity index (χ2n) is 4.75. The van der Waals surface area contributed by atoms with Crippen LogP contribution >= 0.6 is 11.6 Å². The van der Waals surface area contributed by atoms with E-state index < -0.39 is 0 Å². The first-order valence-corrected chi connectivity index (χ1v) is 7.09. The highest BCUT2D eigenvalue weighted by atomic mass is 35.5. The summed E-state index contributed by atoms with van der Waals surface area (Å²) in [6.45, 7) is 2.17. The lowest BCUT2D eigenvalue weighted by Gasteiger charge is -2.23. The van der Waals surface area contributed by atoms with Crippen LogP contribution in [0.2, 0.25) is 5.02 Å². The number of nitrogens with zero attached hydrogens (tertiary/aromatic N) is 2. The molecule has 20 heavy (non-hydrogen) atoms. The van der Waals surface area contributed by atoms with Crippen molar-refractivity contribution in [1.29, 1.82) is 0 Å². The molecule has 1 aliphatic heterocycles. The average molecular weight is 290 g/mol. The normalized spacial score (nSPS) is 17.6. The van der Waals surface area contributed by atoms with E-state index in [1.165, 1.54) is 0 Å². The van der Waals surface area contributed by atoms with Gasteiger partial charge in [0.05, 0.1) is 11.7 Å². The summed E-state index contributed by atoms with van der Waals surface area (Å²) in [6.07, 6.45) is 5.58. The van der Waals surface area contributed by atoms with Crippen LogP contribution in [0.4, 0.5) is 5.69 Å². The number of rotatable bonds is 4. The Morgan fingerprint density at radius 3 is 2.85 bits per heavy atom. The summed E-state index contributed by atoms with van der Waals surface area (Å²) in [6, 6.07) is 9.79. The largest absolute Gasteiger partial charge is 0.385 e. The third-order valence-electron chi connectivity index (χ3n) is 3.30. The average Bonchev–Trinajstić information content (AvgIpc) is 2.77. The first-order chi connectivity index (χ1) is 9.78. The smallest absolute Gasteiger partial charge is 0.156 e. The maximum absolute atomic E-state index is 6.03. The highest BCUT2D eigenvalue weighted by molar-refractivity contribution is 6.30. The maximum Gasteiger partial charge on any atom is 0.156 e. The molecule has 1 atom stereocenters. The zero-order valence-corrected chi connectivity index (χ0v) is 12.0. The van der Waals surface area contributed by atoms with Gasteiger partial charge in [-0.3, -0.25) is 10.4 Å². The van der Waals surface area contributed by atoms with E-state index in [0.29, 0.717) is 5.02 Å². The summed E-state index contributed by atoms with van der Waals surface area (Å²) in [5, 5.41) is 2.48. The maximum atomic E-state index is 6.03. The highest BCUT2D eigenvalue weighted by Gasteiger charge is 2.32. The minimum atomic E-state index is 0.181. The zero-order chi connectivity index (χ0) is 13.9. The van der Waals surface area contributed by atoms with E-state index in [0.717, 1.165) is 29.8 Å². The van der Waals surface area contributed by atoms with Gasteiger partial charge < -0.3 is 4.84 Å². The lowest BCUT2D eigenvalue weighted by molar-refractivity contribution is -0.0475. The van der Waals surface area contributed by atoms with Crippen LogP contribution in [0.25, 0.3) is 0 Å². The van der Waals surface area contributed by atoms with E-state index in [4.69, 9.17) is 16.4 Å². The van der Waals surface area contributed by atoms with E-state index in [9.17, 15) is 0 Å². The summed E-state index contributed by atoms with van der Waals surface area (Å²) in [5.74, 6) is 0.817. The number of pyridine rings is 1. The second-order valence-corrected chi connectivity index (χ2v) is 5.19. The van der Waals surface area contributed by atoms with Crippen LogP contribution in [0.15, 0.2) is 42.7 Å². The van der Waals surface area contributed by atoms with Gasteiger partial charge >= 0.3 is 0 Å². The Morgan fingerprint density at radius 1 is 1.30 bits per heavy atom. The molecule has 0 bridgehead atoms. The van der Waals surface area contributed by atoms with E-state index in [1.54, 1.807) is 17.6 Å². The number of nitrogens with one attached hydrogen (secondary N) is 1. The third kappa shape index (κ3) is 2.57. The highest BCUT2D eigenvalue weighted by Crippen LogP contribution is 2.41. The molecule has 0 fully saturated rings. The van der Waals surface area contributed by atoms with Gasteiger partial charge in [0, 0.05) is 29.0 Å². The van der Waals surface area contributed by atoms with Crippen LogP contribution in [0.5, 0.6) is 5.75 Å². The van der Waals surface area contributed by atoms with Crippen molar-refractivity contribution in [3.63, 3.8) is 0 Å². The molecular weight excluding hydrogens is 274 g/mol. The molecule has 2 aromatic rings. The predicted octanol–water partition coefficient (Wildman–Crippen LogP) is 4.21. The van der Waals surface area contributed by atoms with Crippen molar-refractivity contribution in [2.45, 2.75) is 25.8 Å². The molecule has 0 aliphatic carbocycles. The van der Waals surface area contributed by atoms with Crippen molar-refractivity contribution in [2.24, 2.45) is 0 Å². The lowest BCUT2D eigenvalue weighted by Crippen LogP contribution is -2.32. The Bertz CT molecular complexity index is 591.